The van der Waals surface area contributed by atoms with Crippen LogP contribution >= 0.6 is 0 Å². The lowest BCUT2D eigenvalue weighted by Gasteiger charge is -2.56. The van der Waals surface area contributed by atoms with Gasteiger partial charge in [-0.1, -0.05) is 32.6 Å². The fourth-order valence-electron chi connectivity index (χ4n) is 5.25. The Morgan fingerprint density at radius 3 is 2.70 bits per heavy atom. The van der Waals surface area contributed by atoms with Gasteiger partial charge in [0.05, 0.1) is 0 Å². The molecule has 2 N–H and O–H groups in total. The van der Waals surface area contributed by atoms with Crippen LogP contribution in [0.15, 0.2) is 0 Å². The van der Waals surface area contributed by atoms with E-state index in [1.54, 1.807) is 0 Å². The maximum Gasteiger partial charge on any atom is 0.0360 e. The van der Waals surface area contributed by atoms with Crippen molar-refractivity contribution < 1.29 is 0 Å². The molecule has 3 heteroatoms. The summed E-state index contributed by atoms with van der Waals surface area (Å²) in [6, 6.07) is 0.820. The zero-order valence-electron chi connectivity index (χ0n) is 13.3. The van der Waals surface area contributed by atoms with Gasteiger partial charge >= 0.3 is 0 Å². The highest BCUT2D eigenvalue weighted by Crippen LogP contribution is 2.41. The van der Waals surface area contributed by atoms with Crippen molar-refractivity contribution in [3.8, 4) is 0 Å². The number of piperazine rings is 1. The van der Waals surface area contributed by atoms with E-state index in [0.29, 0.717) is 5.54 Å². The highest BCUT2D eigenvalue weighted by atomic mass is 15.3. The van der Waals surface area contributed by atoms with E-state index >= 15 is 0 Å². The second-order valence-corrected chi connectivity index (χ2v) is 7.29. The summed E-state index contributed by atoms with van der Waals surface area (Å²) < 4.78 is 0. The maximum atomic E-state index is 6.35. The van der Waals surface area contributed by atoms with Crippen LogP contribution in [0.1, 0.15) is 58.3 Å². The number of hydrogen-bond donors (Lipinski definition) is 1. The molecule has 3 aliphatic rings. The number of fused-ring (bicyclic) bond motifs is 1. The first-order valence-corrected chi connectivity index (χ1v) is 8.99. The minimum Gasteiger partial charge on any atom is -0.329 e. The summed E-state index contributed by atoms with van der Waals surface area (Å²) >= 11 is 0. The molecule has 3 unspecified atom stereocenters. The van der Waals surface area contributed by atoms with Crippen LogP contribution in [0, 0.1) is 5.92 Å². The summed E-state index contributed by atoms with van der Waals surface area (Å²) in [5, 5.41) is 0. The van der Waals surface area contributed by atoms with E-state index in [4.69, 9.17) is 5.73 Å². The van der Waals surface area contributed by atoms with Gasteiger partial charge in [0.25, 0.3) is 0 Å². The Morgan fingerprint density at radius 2 is 1.90 bits per heavy atom. The second-order valence-electron chi connectivity index (χ2n) is 7.29. The van der Waals surface area contributed by atoms with Crippen LogP contribution in [-0.4, -0.2) is 54.1 Å². The van der Waals surface area contributed by atoms with Crippen molar-refractivity contribution in [2.45, 2.75) is 69.9 Å². The zero-order valence-corrected chi connectivity index (χ0v) is 13.3. The first kappa shape index (κ1) is 14.8. The van der Waals surface area contributed by atoms with Gasteiger partial charge in [0.2, 0.25) is 0 Å². The van der Waals surface area contributed by atoms with Gasteiger partial charge in [-0.05, 0) is 38.1 Å². The molecule has 0 radical (unpaired) electrons. The standard InChI is InChI=1S/C17H33N3/c1-2-15-7-3-5-9-17(15,14-18)20-12-11-19-10-6-4-8-16(19)13-20/h15-16H,2-14,18H2,1H3. The Kier molecular flexibility index (Phi) is 4.68. The second kappa shape index (κ2) is 6.33. The zero-order chi connectivity index (χ0) is 14.0. The van der Waals surface area contributed by atoms with Gasteiger partial charge in [0.1, 0.15) is 0 Å². The quantitative estimate of drug-likeness (QED) is 0.861. The largest absolute Gasteiger partial charge is 0.329 e. The molecule has 116 valence electrons. The predicted octanol–water partition coefficient (Wildman–Crippen LogP) is 2.45. The summed E-state index contributed by atoms with van der Waals surface area (Å²) in [6.07, 6.45) is 11.1. The Bertz CT molecular complexity index is 319. The number of piperidine rings is 1. The van der Waals surface area contributed by atoms with Crippen LogP contribution in [0.4, 0.5) is 0 Å². The van der Waals surface area contributed by atoms with Crippen LogP contribution in [0.5, 0.6) is 0 Å². The van der Waals surface area contributed by atoms with Crippen LogP contribution in [-0.2, 0) is 0 Å². The molecule has 0 amide bonds. The average molecular weight is 279 g/mol. The highest BCUT2D eigenvalue weighted by Gasteiger charge is 2.45. The van der Waals surface area contributed by atoms with Crippen molar-refractivity contribution in [3.63, 3.8) is 0 Å². The van der Waals surface area contributed by atoms with Crippen LogP contribution in [0.25, 0.3) is 0 Å². The molecule has 3 fully saturated rings. The lowest BCUT2D eigenvalue weighted by Crippen LogP contribution is -2.66. The van der Waals surface area contributed by atoms with Gasteiger partial charge in [-0.15, -0.1) is 0 Å². The summed E-state index contributed by atoms with van der Waals surface area (Å²) in [6.45, 7) is 8.40. The number of rotatable bonds is 3. The third kappa shape index (κ3) is 2.53. The fourth-order valence-corrected chi connectivity index (χ4v) is 5.25. The van der Waals surface area contributed by atoms with Crippen LogP contribution < -0.4 is 5.73 Å². The molecule has 2 heterocycles. The number of hydrogen-bond acceptors (Lipinski definition) is 3. The van der Waals surface area contributed by atoms with Crippen molar-refractivity contribution in [1.29, 1.82) is 0 Å². The monoisotopic (exact) mass is 279 g/mol. The SMILES string of the molecule is CCC1CCCCC1(CN)N1CCN2CCCCC2C1. The fraction of sp³-hybridized carbons (Fsp3) is 1.00. The minimum absolute atomic E-state index is 0.330. The van der Waals surface area contributed by atoms with Crippen LogP contribution in [0.3, 0.4) is 0 Å². The molecule has 0 spiro atoms. The first-order chi connectivity index (χ1) is 9.80. The normalized spacial score (nSPS) is 40.5. The Labute approximate surface area is 124 Å². The predicted molar refractivity (Wildman–Crippen MR) is 84.8 cm³/mol. The Hall–Kier alpha value is -0.120. The molecule has 1 saturated carbocycles. The van der Waals surface area contributed by atoms with Crippen molar-refractivity contribution >= 4 is 0 Å². The van der Waals surface area contributed by atoms with E-state index < -0.39 is 0 Å². The van der Waals surface area contributed by atoms with E-state index in [-0.39, 0.29) is 0 Å². The molecule has 0 aromatic carbocycles. The average Bonchev–Trinajstić information content (AvgIpc) is 2.54. The highest BCUT2D eigenvalue weighted by molar-refractivity contribution is 5.02. The van der Waals surface area contributed by atoms with Gasteiger partial charge in [-0.3, -0.25) is 9.80 Å². The Morgan fingerprint density at radius 1 is 1.05 bits per heavy atom. The first-order valence-electron chi connectivity index (χ1n) is 8.99. The smallest absolute Gasteiger partial charge is 0.0360 e. The molecule has 0 aromatic heterocycles. The van der Waals surface area contributed by atoms with E-state index in [2.05, 4.69) is 16.7 Å². The van der Waals surface area contributed by atoms with E-state index in [9.17, 15) is 0 Å². The third-order valence-electron chi connectivity index (χ3n) is 6.49. The summed E-state index contributed by atoms with van der Waals surface area (Å²) in [5.41, 5.74) is 6.68. The lowest BCUT2D eigenvalue weighted by molar-refractivity contribution is -0.0539. The number of nitrogens with two attached hydrogens (primary N) is 1. The molecule has 1 aliphatic carbocycles. The van der Waals surface area contributed by atoms with Crippen molar-refractivity contribution in [1.82, 2.24) is 9.80 Å². The van der Waals surface area contributed by atoms with Gasteiger partial charge in [-0.25, -0.2) is 0 Å². The van der Waals surface area contributed by atoms with Gasteiger partial charge < -0.3 is 5.73 Å². The van der Waals surface area contributed by atoms with Gasteiger partial charge in [0.15, 0.2) is 0 Å². The van der Waals surface area contributed by atoms with Crippen LogP contribution in [0.2, 0.25) is 0 Å². The van der Waals surface area contributed by atoms with E-state index in [1.165, 1.54) is 77.5 Å². The van der Waals surface area contributed by atoms with Gasteiger partial charge in [-0.2, -0.15) is 0 Å². The summed E-state index contributed by atoms with van der Waals surface area (Å²) in [5.74, 6) is 0.830. The van der Waals surface area contributed by atoms with E-state index in [1.807, 2.05) is 0 Å². The Balaban J connectivity index is 1.75. The molecule has 3 atom stereocenters. The van der Waals surface area contributed by atoms with Crippen molar-refractivity contribution in [2.24, 2.45) is 11.7 Å². The summed E-state index contributed by atoms with van der Waals surface area (Å²) in [7, 11) is 0. The molecular formula is C17H33N3. The molecule has 3 nitrogen and oxygen atoms in total. The molecule has 2 aliphatic heterocycles. The maximum absolute atomic E-state index is 6.35. The molecule has 0 aromatic rings. The topological polar surface area (TPSA) is 32.5 Å². The minimum atomic E-state index is 0.330. The molecule has 0 bridgehead atoms. The lowest BCUT2D eigenvalue weighted by atomic mass is 9.69. The van der Waals surface area contributed by atoms with Crippen molar-refractivity contribution in [3.05, 3.63) is 0 Å². The van der Waals surface area contributed by atoms with Crippen molar-refractivity contribution in [2.75, 3.05) is 32.7 Å². The van der Waals surface area contributed by atoms with E-state index in [0.717, 1.165) is 18.5 Å². The van der Waals surface area contributed by atoms with Gasteiger partial charge in [0, 0.05) is 37.8 Å². The molecular weight excluding hydrogens is 246 g/mol. The molecule has 3 rings (SSSR count). The number of nitrogens with zero attached hydrogens (tertiary/aromatic N) is 2. The third-order valence-corrected chi connectivity index (χ3v) is 6.49. The molecule has 2 saturated heterocycles. The summed E-state index contributed by atoms with van der Waals surface area (Å²) in [4.78, 5) is 5.57. The molecule has 20 heavy (non-hydrogen) atoms.